The zero-order chi connectivity index (χ0) is 7.28. The van der Waals surface area contributed by atoms with Crippen molar-refractivity contribution in [3.8, 4) is 0 Å². The lowest BCUT2D eigenvalue weighted by atomic mass is 10.5. The summed E-state index contributed by atoms with van der Waals surface area (Å²) in [6.45, 7) is 6.95. The van der Waals surface area contributed by atoms with E-state index in [2.05, 4.69) is 6.92 Å². The van der Waals surface area contributed by atoms with Gasteiger partial charge in [-0.25, -0.2) is 0 Å². The van der Waals surface area contributed by atoms with E-state index < -0.39 is 0 Å². The molecular weight excluding hydrogens is 114 g/mol. The Bertz CT molecular complexity index is 103. The quantitative estimate of drug-likeness (QED) is 0.320. The summed E-state index contributed by atoms with van der Waals surface area (Å²) in [4.78, 5) is 5.25. The normalized spacial score (nSPS) is 8.89. The Morgan fingerprint density at radius 2 is 2.00 bits per heavy atom. The van der Waals surface area contributed by atoms with Gasteiger partial charge >= 0.3 is 0 Å². The van der Waals surface area contributed by atoms with E-state index in [-0.39, 0.29) is 0 Å². The molecule has 2 nitrogen and oxygen atoms in total. The molecule has 0 amide bonds. The highest BCUT2D eigenvalue weighted by Gasteiger charge is 1.96. The first-order valence-corrected chi connectivity index (χ1v) is 3.35. The zero-order valence-electron chi connectivity index (χ0n) is 6.77. The minimum atomic E-state index is 0.807. The summed E-state index contributed by atoms with van der Waals surface area (Å²) in [5, 5.41) is 0. The van der Waals surface area contributed by atoms with Crippen LogP contribution in [-0.2, 0) is 4.84 Å². The van der Waals surface area contributed by atoms with Gasteiger partial charge in [0.2, 0.25) is 0 Å². The van der Waals surface area contributed by atoms with Crippen LogP contribution in [0, 0.1) is 0 Å². The summed E-state index contributed by atoms with van der Waals surface area (Å²) in [6.07, 6.45) is 1.07. The van der Waals surface area contributed by atoms with Crippen LogP contribution in [0.3, 0.4) is 0 Å². The lowest BCUT2D eigenvalue weighted by Crippen LogP contribution is -2.13. The molecule has 0 unspecified atom stereocenters. The summed E-state index contributed by atoms with van der Waals surface area (Å²) in [7, 11) is 1.92. The van der Waals surface area contributed by atoms with E-state index in [1.165, 1.54) is 5.71 Å². The second kappa shape index (κ2) is 4.36. The highest BCUT2D eigenvalue weighted by atomic mass is 16.7. The van der Waals surface area contributed by atoms with Crippen molar-refractivity contribution < 1.29 is 9.58 Å². The molecule has 2 heteroatoms. The lowest BCUT2D eigenvalue weighted by molar-refractivity contribution is -0.769. The Balaban J connectivity index is 3.50. The van der Waals surface area contributed by atoms with Gasteiger partial charge in [-0.15, -0.1) is 0 Å². The molecule has 0 spiro atoms. The number of rotatable bonds is 3. The Kier molecular flexibility index (Phi) is 4.10. The van der Waals surface area contributed by atoms with Crippen LogP contribution in [0.15, 0.2) is 0 Å². The molecule has 54 valence electrons. The Labute approximate surface area is 57.1 Å². The molecule has 0 aliphatic heterocycles. The van der Waals surface area contributed by atoms with Gasteiger partial charge in [0.15, 0.2) is 19.4 Å². The molecule has 0 N–H and O–H groups in total. The Morgan fingerprint density at radius 3 is 2.33 bits per heavy atom. The highest BCUT2D eigenvalue weighted by molar-refractivity contribution is 5.73. The topological polar surface area (TPSA) is 12.2 Å². The fourth-order valence-corrected chi connectivity index (χ4v) is 0.357. The van der Waals surface area contributed by atoms with Gasteiger partial charge in [-0.2, -0.15) is 0 Å². The summed E-state index contributed by atoms with van der Waals surface area (Å²) in [6, 6.07) is 0. The number of hydrogen-bond acceptors (Lipinski definition) is 1. The zero-order valence-corrected chi connectivity index (χ0v) is 6.77. The van der Waals surface area contributed by atoms with E-state index in [9.17, 15) is 0 Å². The van der Waals surface area contributed by atoms with Crippen LogP contribution in [0.2, 0.25) is 0 Å². The third-order valence-electron chi connectivity index (χ3n) is 1.12. The first-order valence-electron chi connectivity index (χ1n) is 3.35. The summed E-state index contributed by atoms with van der Waals surface area (Å²) >= 11 is 0. The minimum absolute atomic E-state index is 0.807. The van der Waals surface area contributed by atoms with Gasteiger partial charge in [-0.1, -0.05) is 6.92 Å². The summed E-state index contributed by atoms with van der Waals surface area (Å²) in [5.41, 5.74) is 1.18. The van der Waals surface area contributed by atoms with Gasteiger partial charge < -0.3 is 0 Å². The average Bonchev–Trinajstić information content (AvgIpc) is 1.82. The van der Waals surface area contributed by atoms with E-state index in [1.54, 1.807) is 4.74 Å². The molecule has 0 aromatic rings. The van der Waals surface area contributed by atoms with Crippen LogP contribution in [-0.4, -0.2) is 24.1 Å². The third-order valence-corrected chi connectivity index (χ3v) is 1.12. The first kappa shape index (κ1) is 8.47. The fourth-order valence-electron chi connectivity index (χ4n) is 0.357. The van der Waals surface area contributed by atoms with Crippen LogP contribution in [0.25, 0.3) is 0 Å². The smallest absolute Gasteiger partial charge is 0.198 e. The van der Waals surface area contributed by atoms with Crippen molar-refractivity contribution in [3.05, 3.63) is 0 Å². The van der Waals surface area contributed by atoms with Gasteiger partial charge in [0.05, 0.1) is 0 Å². The molecule has 0 rings (SSSR count). The molecule has 0 aliphatic rings. The van der Waals surface area contributed by atoms with E-state index >= 15 is 0 Å². The molecule has 0 fully saturated rings. The second-order valence-corrected chi connectivity index (χ2v) is 2.28. The van der Waals surface area contributed by atoms with E-state index in [1.807, 2.05) is 20.9 Å². The van der Waals surface area contributed by atoms with Gasteiger partial charge in [0.25, 0.3) is 0 Å². The predicted octanol–water partition coefficient (Wildman–Crippen LogP) is 1.45. The largest absolute Gasteiger partial charge is 0.277 e. The van der Waals surface area contributed by atoms with Crippen LogP contribution in [0.4, 0.5) is 0 Å². The van der Waals surface area contributed by atoms with E-state index in [0.29, 0.717) is 0 Å². The van der Waals surface area contributed by atoms with Crippen molar-refractivity contribution in [1.29, 1.82) is 0 Å². The van der Waals surface area contributed by atoms with E-state index in [4.69, 9.17) is 4.84 Å². The van der Waals surface area contributed by atoms with E-state index in [0.717, 1.165) is 13.0 Å². The standard InChI is InChI=1S/C7H16NO/c1-5-6-9-8(4)7(2)3/h5-6H2,1-4H3/q+1. The molecule has 0 radical (unpaired) electrons. The molecule has 0 atom stereocenters. The molecule has 0 aromatic carbocycles. The summed E-state index contributed by atoms with van der Waals surface area (Å²) in [5.74, 6) is 0. The molecule has 0 aliphatic carbocycles. The summed E-state index contributed by atoms with van der Waals surface area (Å²) < 4.78 is 1.80. The predicted molar refractivity (Wildman–Crippen MR) is 38.8 cm³/mol. The third kappa shape index (κ3) is 4.01. The van der Waals surface area contributed by atoms with Crippen molar-refractivity contribution >= 4 is 5.71 Å². The number of hydroxylamine groups is 1. The van der Waals surface area contributed by atoms with Crippen molar-refractivity contribution in [2.75, 3.05) is 13.7 Å². The van der Waals surface area contributed by atoms with Crippen LogP contribution >= 0.6 is 0 Å². The first-order chi connectivity index (χ1) is 4.18. The molecule has 0 saturated carbocycles. The van der Waals surface area contributed by atoms with Crippen molar-refractivity contribution in [3.63, 3.8) is 0 Å². The van der Waals surface area contributed by atoms with Crippen molar-refractivity contribution in [2.45, 2.75) is 27.2 Å². The van der Waals surface area contributed by atoms with Crippen LogP contribution < -0.4 is 0 Å². The van der Waals surface area contributed by atoms with Gasteiger partial charge in [0.1, 0.15) is 0 Å². The molecule has 0 bridgehead atoms. The molecule has 9 heavy (non-hydrogen) atoms. The van der Waals surface area contributed by atoms with Crippen LogP contribution in [0.5, 0.6) is 0 Å². The molecule has 0 saturated heterocycles. The molecule has 0 heterocycles. The Hall–Kier alpha value is -0.530. The van der Waals surface area contributed by atoms with Gasteiger partial charge in [-0.3, -0.25) is 4.84 Å². The second-order valence-electron chi connectivity index (χ2n) is 2.28. The SMILES string of the molecule is CCCO[N+](C)=C(C)C. The number of hydrogen-bond donors (Lipinski definition) is 0. The van der Waals surface area contributed by atoms with Crippen molar-refractivity contribution in [1.82, 2.24) is 0 Å². The maximum atomic E-state index is 5.25. The van der Waals surface area contributed by atoms with Gasteiger partial charge in [0, 0.05) is 13.8 Å². The highest BCUT2D eigenvalue weighted by Crippen LogP contribution is 1.81. The Morgan fingerprint density at radius 1 is 1.44 bits per heavy atom. The average molecular weight is 130 g/mol. The molecular formula is C7H16NO+. The monoisotopic (exact) mass is 130 g/mol. The molecule has 0 aromatic heterocycles. The maximum absolute atomic E-state index is 5.25. The lowest BCUT2D eigenvalue weighted by Gasteiger charge is -1.96. The number of nitrogens with zero attached hydrogens (tertiary/aromatic N) is 1. The maximum Gasteiger partial charge on any atom is 0.198 e. The van der Waals surface area contributed by atoms with Crippen LogP contribution in [0.1, 0.15) is 27.2 Å². The fraction of sp³-hybridized carbons (Fsp3) is 0.857. The van der Waals surface area contributed by atoms with Crippen molar-refractivity contribution in [2.24, 2.45) is 0 Å². The minimum Gasteiger partial charge on any atom is -0.277 e. The van der Waals surface area contributed by atoms with Gasteiger partial charge in [-0.05, 0) is 11.2 Å².